The molecule has 1 atom stereocenters. The Labute approximate surface area is 172 Å². The predicted molar refractivity (Wildman–Crippen MR) is 113 cm³/mol. The van der Waals surface area contributed by atoms with Crippen molar-refractivity contribution in [2.75, 3.05) is 46.8 Å². The number of pyridine rings is 1. The van der Waals surface area contributed by atoms with Crippen LogP contribution in [-0.2, 0) is 0 Å². The van der Waals surface area contributed by atoms with E-state index in [1.165, 1.54) is 0 Å². The van der Waals surface area contributed by atoms with Gasteiger partial charge in [-0.05, 0) is 38.1 Å². The molecule has 0 radical (unpaired) electrons. The standard InChI is InChI=1S/C21H32N6O2/c1-5-25(6-2)15-12-22-20(28)18-16-10-7-8-13-26(16)19(23-18)17-11-9-14-27(17)21(29)24(3)4/h7-8,10,13,17H,5-6,9,11-12,14-15H2,1-4H3,(H,22,28)/t17-/m1/s1. The molecular formula is C21H32N6O2. The lowest BCUT2D eigenvalue weighted by Crippen LogP contribution is -2.39. The predicted octanol–water partition coefficient (Wildman–Crippen LogP) is 2.22. The molecule has 3 amide bonds. The third-order valence-corrected chi connectivity index (χ3v) is 5.58. The molecule has 1 saturated heterocycles. The van der Waals surface area contributed by atoms with Crippen LogP contribution in [-0.4, -0.2) is 82.8 Å². The highest BCUT2D eigenvalue weighted by molar-refractivity contribution is 5.99. The topological polar surface area (TPSA) is 73.2 Å². The molecule has 0 aliphatic carbocycles. The van der Waals surface area contributed by atoms with Gasteiger partial charge >= 0.3 is 6.03 Å². The van der Waals surface area contributed by atoms with E-state index in [4.69, 9.17) is 4.98 Å². The average molecular weight is 401 g/mol. The van der Waals surface area contributed by atoms with Gasteiger partial charge in [-0.1, -0.05) is 19.9 Å². The van der Waals surface area contributed by atoms with E-state index < -0.39 is 0 Å². The normalized spacial score (nSPS) is 16.6. The first-order valence-corrected chi connectivity index (χ1v) is 10.4. The number of fused-ring (bicyclic) bond motifs is 1. The molecule has 3 heterocycles. The highest BCUT2D eigenvalue weighted by Crippen LogP contribution is 2.33. The van der Waals surface area contributed by atoms with Crippen LogP contribution in [0.3, 0.4) is 0 Å². The maximum Gasteiger partial charge on any atom is 0.320 e. The van der Waals surface area contributed by atoms with Gasteiger partial charge in [0.2, 0.25) is 0 Å². The summed E-state index contributed by atoms with van der Waals surface area (Å²) in [5.41, 5.74) is 1.19. The van der Waals surface area contributed by atoms with Gasteiger partial charge in [-0.25, -0.2) is 9.78 Å². The van der Waals surface area contributed by atoms with Crippen LogP contribution < -0.4 is 5.32 Å². The Kier molecular flexibility index (Phi) is 6.74. The lowest BCUT2D eigenvalue weighted by atomic mass is 10.2. The molecular weight excluding hydrogens is 368 g/mol. The number of hydrogen-bond donors (Lipinski definition) is 1. The van der Waals surface area contributed by atoms with E-state index in [1.807, 2.05) is 33.7 Å². The molecule has 8 heteroatoms. The summed E-state index contributed by atoms with van der Waals surface area (Å²) in [6.07, 6.45) is 3.69. The Hall–Kier alpha value is -2.61. The summed E-state index contributed by atoms with van der Waals surface area (Å²) in [5, 5.41) is 3.00. The van der Waals surface area contributed by atoms with Gasteiger partial charge in [0.25, 0.3) is 5.91 Å². The Bertz CT molecular complexity index is 858. The fourth-order valence-corrected chi connectivity index (χ4v) is 3.94. The van der Waals surface area contributed by atoms with Crippen LogP contribution in [0.2, 0.25) is 0 Å². The van der Waals surface area contributed by atoms with Gasteiger partial charge in [-0.15, -0.1) is 0 Å². The maximum atomic E-state index is 12.9. The lowest BCUT2D eigenvalue weighted by molar-refractivity contribution is 0.0946. The molecule has 2 aromatic rings. The summed E-state index contributed by atoms with van der Waals surface area (Å²) >= 11 is 0. The van der Waals surface area contributed by atoms with E-state index in [2.05, 4.69) is 24.1 Å². The van der Waals surface area contributed by atoms with Gasteiger partial charge in [0.15, 0.2) is 5.69 Å². The molecule has 1 aliphatic rings. The first-order chi connectivity index (χ1) is 14.0. The number of nitrogens with one attached hydrogen (secondary N) is 1. The fraction of sp³-hybridized carbons (Fsp3) is 0.571. The summed E-state index contributed by atoms with van der Waals surface area (Å²) in [5.74, 6) is 0.581. The van der Waals surface area contributed by atoms with Crippen molar-refractivity contribution in [1.29, 1.82) is 0 Å². The molecule has 158 valence electrons. The van der Waals surface area contributed by atoms with E-state index in [0.29, 0.717) is 18.8 Å². The first-order valence-electron chi connectivity index (χ1n) is 10.4. The number of imidazole rings is 1. The Morgan fingerprint density at radius 2 is 2.00 bits per heavy atom. The number of rotatable bonds is 7. The number of urea groups is 1. The highest BCUT2D eigenvalue weighted by atomic mass is 16.2. The molecule has 1 fully saturated rings. The first kappa shape index (κ1) is 21.1. The number of likely N-dealkylation sites (tertiary alicyclic amines) is 1. The number of carbonyl (C=O) groups excluding carboxylic acids is 2. The number of carbonyl (C=O) groups is 2. The van der Waals surface area contributed by atoms with Gasteiger partial charge in [0, 0.05) is 39.9 Å². The molecule has 1 aliphatic heterocycles. The minimum absolute atomic E-state index is 0.0228. The van der Waals surface area contributed by atoms with Crippen molar-refractivity contribution < 1.29 is 9.59 Å². The summed E-state index contributed by atoms with van der Waals surface area (Å²) in [4.78, 5) is 35.9. The quantitative estimate of drug-likeness (QED) is 0.774. The monoisotopic (exact) mass is 400 g/mol. The Morgan fingerprint density at radius 1 is 1.24 bits per heavy atom. The van der Waals surface area contributed by atoms with Gasteiger partial charge in [0.1, 0.15) is 5.82 Å². The number of nitrogens with zero attached hydrogens (tertiary/aromatic N) is 5. The third kappa shape index (κ3) is 4.37. The molecule has 8 nitrogen and oxygen atoms in total. The average Bonchev–Trinajstić information content (AvgIpc) is 3.35. The Morgan fingerprint density at radius 3 is 2.69 bits per heavy atom. The molecule has 3 rings (SSSR count). The minimum Gasteiger partial charge on any atom is -0.349 e. The molecule has 29 heavy (non-hydrogen) atoms. The van der Waals surface area contributed by atoms with E-state index >= 15 is 0 Å². The second-order valence-electron chi connectivity index (χ2n) is 7.59. The summed E-state index contributed by atoms with van der Waals surface area (Å²) < 4.78 is 1.95. The zero-order valence-corrected chi connectivity index (χ0v) is 17.9. The summed E-state index contributed by atoms with van der Waals surface area (Å²) in [7, 11) is 3.52. The van der Waals surface area contributed by atoms with Crippen molar-refractivity contribution in [3.8, 4) is 0 Å². The third-order valence-electron chi connectivity index (χ3n) is 5.58. The molecule has 2 aromatic heterocycles. The number of hydrogen-bond acceptors (Lipinski definition) is 4. The molecule has 0 saturated carbocycles. The number of likely N-dealkylation sites (N-methyl/N-ethyl adjacent to an activating group) is 1. The van der Waals surface area contributed by atoms with Crippen LogP contribution >= 0.6 is 0 Å². The summed E-state index contributed by atoms with van der Waals surface area (Å²) in [6.45, 7) is 8.24. The molecule has 1 N–H and O–H groups in total. The zero-order valence-electron chi connectivity index (χ0n) is 17.9. The van der Waals surface area contributed by atoms with Crippen molar-refractivity contribution in [3.63, 3.8) is 0 Å². The largest absolute Gasteiger partial charge is 0.349 e. The van der Waals surface area contributed by atoms with Crippen LogP contribution in [0.5, 0.6) is 0 Å². The molecule has 0 spiro atoms. The SMILES string of the molecule is CCN(CC)CCNC(=O)c1nc([C@H]2CCCN2C(=O)N(C)C)n2ccccc12. The summed E-state index contributed by atoms with van der Waals surface area (Å²) in [6, 6.07) is 5.59. The van der Waals surface area contributed by atoms with Crippen molar-refractivity contribution in [2.45, 2.75) is 32.7 Å². The second kappa shape index (κ2) is 9.26. The van der Waals surface area contributed by atoms with Crippen LogP contribution in [0.4, 0.5) is 4.79 Å². The fourth-order valence-electron chi connectivity index (χ4n) is 3.94. The molecule has 0 unspecified atom stereocenters. The second-order valence-corrected chi connectivity index (χ2v) is 7.59. The van der Waals surface area contributed by atoms with Gasteiger partial charge in [-0.3, -0.25) is 4.79 Å². The van der Waals surface area contributed by atoms with E-state index in [9.17, 15) is 9.59 Å². The van der Waals surface area contributed by atoms with Gasteiger partial charge in [0.05, 0.1) is 11.6 Å². The van der Waals surface area contributed by atoms with Gasteiger partial charge < -0.3 is 24.4 Å². The van der Waals surface area contributed by atoms with Crippen molar-refractivity contribution >= 4 is 17.5 Å². The van der Waals surface area contributed by atoms with Crippen LogP contribution in [0.1, 0.15) is 49.0 Å². The molecule has 0 aromatic carbocycles. The smallest absolute Gasteiger partial charge is 0.320 e. The van der Waals surface area contributed by atoms with E-state index in [-0.39, 0.29) is 18.0 Å². The van der Waals surface area contributed by atoms with E-state index in [1.54, 1.807) is 19.0 Å². The van der Waals surface area contributed by atoms with Crippen molar-refractivity contribution in [2.24, 2.45) is 0 Å². The maximum absolute atomic E-state index is 12.9. The number of aromatic nitrogens is 2. The number of amides is 3. The highest BCUT2D eigenvalue weighted by Gasteiger charge is 2.34. The Balaban J connectivity index is 1.85. The lowest BCUT2D eigenvalue weighted by Gasteiger charge is -2.27. The van der Waals surface area contributed by atoms with E-state index in [0.717, 1.165) is 43.8 Å². The van der Waals surface area contributed by atoms with Gasteiger partial charge in [-0.2, -0.15) is 0 Å². The van der Waals surface area contributed by atoms with Crippen LogP contribution in [0, 0.1) is 0 Å². The van der Waals surface area contributed by atoms with Crippen LogP contribution in [0.15, 0.2) is 24.4 Å². The van der Waals surface area contributed by atoms with Crippen molar-refractivity contribution in [1.82, 2.24) is 29.4 Å². The zero-order chi connectivity index (χ0) is 21.0. The minimum atomic E-state index is -0.171. The van der Waals surface area contributed by atoms with Crippen molar-refractivity contribution in [3.05, 3.63) is 35.9 Å². The van der Waals surface area contributed by atoms with Crippen LogP contribution in [0.25, 0.3) is 5.52 Å². The molecule has 0 bridgehead atoms.